The Hall–Kier alpha value is -1.47. The maximum Gasteiger partial charge on any atom is 0.227 e. The quantitative estimate of drug-likeness (QED) is 0.765. The molecule has 1 aliphatic heterocycles. The molecule has 2 N–H and O–H groups in total. The van der Waals surface area contributed by atoms with E-state index >= 15 is 0 Å². The fourth-order valence-electron chi connectivity index (χ4n) is 2.38. The van der Waals surface area contributed by atoms with Crippen molar-refractivity contribution in [2.24, 2.45) is 0 Å². The van der Waals surface area contributed by atoms with Gasteiger partial charge >= 0.3 is 0 Å². The van der Waals surface area contributed by atoms with Gasteiger partial charge in [0.1, 0.15) is 0 Å². The van der Waals surface area contributed by atoms with Gasteiger partial charge in [-0.05, 0) is 19.3 Å². The molecule has 118 valence electrons. The summed E-state index contributed by atoms with van der Waals surface area (Å²) in [4.78, 5) is 16.3. The molecule has 1 aromatic heterocycles. The summed E-state index contributed by atoms with van der Waals surface area (Å²) in [5, 5.41) is 16.3. The average Bonchev–Trinajstić information content (AvgIpc) is 2.94. The number of aliphatic hydroxyl groups is 1. The van der Waals surface area contributed by atoms with Crippen molar-refractivity contribution in [3.8, 4) is 0 Å². The molecular formula is C14H23N3O4. The second-order valence-electron chi connectivity index (χ2n) is 5.45. The first kappa shape index (κ1) is 15.9. The molecule has 7 heteroatoms. The summed E-state index contributed by atoms with van der Waals surface area (Å²) in [5.74, 6) is 1.06. The third-order valence-electron chi connectivity index (χ3n) is 3.71. The number of rotatable bonds is 7. The van der Waals surface area contributed by atoms with Gasteiger partial charge < -0.3 is 19.7 Å². The lowest BCUT2D eigenvalue weighted by Crippen LogP contribution is -2.54. The van der Waals surface area contributed by atoms with Crippen LogP contribution in [0.2, 0.25) is 0 Å². The van der Waals surface area contributed by atoms with Gasteiger partial charge in [-0.15, -0.1) is 0 Å². The number of aryl methyl sites for hydroxylation is 2. The van der Waals surface area contributed by atoms with Crippen molar-refractivity contribution in [3.63, 3.8) is 0 Å². The monoisotopic (exact) mass is 297 g/mol. The van der Waals surface area contributed by atoms with E-state index < -0.39 is 5.54 Å². The zero-order valence-electron chi connectivity index (χ0n) is 12.4. The largest absolute Gasteiger partial charge is 0.394 e. The summed E-state index contributed by atoms with van der Waals surface area (Å²) in [6.45, 7) is 3.10. The lowest BCUT2D eigenvalue weighted by Gasteiger charge is -2.36. The van der Waals surface area contributed by atoms with Crippen LogP contribution in [-0.2, 0) is 22.4 Å². The first-order valence-corrected chi connectivity index (χ1v) is 7.48. The highest BCUT2D eigenvalue weighted by molar-refractivity contribution is 5.77. The highest BCUT2D eigenvalue weighted by Crippen LogP contribution is 2.20. The van der Waals surface area contributed by atoms with Crippen LogP contribution in [0.1, 0.15) is 44.3 Å². The number of aromatic nitrogens is 2. The molecule has 0 atom stereocenters. The van der Waals surface area contributed by atoms with Crippen LogP contribution in [0.15, 0.2) is 4.52 Å². The van der Waals surface area contributed by atoms with Crippen LogP contribution < -0.4 is 5.32 Å². The van der Waals surface area contributed by atoms with Crippen LogP contribution in [0.4, 0.5) is 0 Å². The lowest BCUT2D eigenvalue weighted by atomic mass is 9.91. The molecule has 2 rings (SSSR count). The molecule has 2 heterocycles. The van der Waals surface area contributed by atoms with Gasteiger partial charge in [0.2, 0.25) is 11.8 Å². The third-order valence-corrected chi connectivity index (χ3v) is 3.71. The summed E-state index contributed by atoms with van der Waals surface area (Å²) >= 11 is 0. The molecule has 21 heavy (non-hydrogen) atoms. The second kappa shape index (κ2) is 7.51. The molecule has 0 unspecified atom stereocenters. The molecule has 0 aliphatic carbocycles. The van der Waals surface area contributed by atoms with Gasteiger partial charge in [0.15, 0.2) is 5.82 Å². The predicted molar refractivity (Wildman–Crippen MR) is 74.6 cm³/mol. The number of carbonyl (C=O) groups excluding carboxylic acids is 1. The summed E-state index contributed by atoms with van der Waals surface area (Å²) < 4.78 is 10.4. The molecular weight excluding hydrogens is 274 g/mol. The molecule has 1 saturated heterocycles. The van der Waals surface area contributed by atoms with E-state index in [4.69, 9.17) is 9.26 Å². The summed E-state index contributed by atoms with van der Waals surface area (Å²) in [7, 11) is 0. The van der Waals surface area contributed by atoms with Crippen molar-refractivity contribution in [1.29, 1.82) is 0 Å². The van der Waals surface area contributed by atoms with Crippen molar-refractivity contribution in [2.75, 3.05) is 19.8 Å². The van der Waals surface area contributed by atoms with E-state index in [2.05, 4.69) is 15.5 Å². The number of amides is 1. The topological polar surface area (TPSA) is 97.5 Å². The van der Waals surface area contributed by atoms with E-state index in [0.717, 1.165) is 12.8 Å². The van der Waals surface area contributed by atoms with Crippen LogP contribution in [0.25, 0.3) is 0 Å². The van der Waals surface area contributed by atoms with Gasteiger partial charge in [-0.25, -0.2) is 0 Å². The summed E-state index contributed by atoms with van der Waals surface area (Å²) in [6.07, 6.45) is 3.70. The van der Waals surface area contributed by atoms with E-state index in [0.29, 0.717) is 44.2 Å². The van der Waals surface area contributed by atoms with Gasteiger partial charge in [-0.3, -0.25) is 4.79 Å². The Balaban J connectivity index is 1.80. The van der Waals surface area contributed by atoms with Gasteiger partial charge in [-0.2, -0.15) is 4.98 Å². The van der Waals surface area contributed by atoms with Crippen LogP contribution in [-0.4, -0.2) is 46.5 Å². The Morgan fingerprint density at radius 2 is 2.14 bits per heavy atom. The number of ether oxygens (including phenoxy) is 1. The normalized spacial score (nSPS) is 17.6. The average molecular weight is 297 g/mol. The molecule has 1 aliphatic rings. The molecule has 0 radical (unpaired) electrons. The maximum absolute atomic E-state index is 12.0. The van der Waals surface area contributed by atoms with Crippen LogP contribution in [0.5, 0.6) is 0 Å². The molecule has 0 bridgehead atoms. The Bertz CT molecular complexity index is 455. The molecule has 1 aromatic rings. The van der Waals surface area contributed by atoms with Crippen LogP contribution in [0, 0.1) is 0 Å². The predicted octanol–water partition coefficient (Wildman–Crippen LogP) is 0.612. The fourth-order valence-corrected chi connectivity index (χ4v) is 2.38. The number of nitrogens with zero attached hydrogens (tertiary/aromatic N) is 2. The minimum atomic E-state index is -0.544. The Morgan fingerprint density at radius 3 is 2.81 bits per heavy atom. The van der Waals surface area contributed by atoms with Crippen molar-refractivity contribution in [3.05, 3.63) is 11.7 Å². The number of nitrogens with one attached hydrogen (secondary N) is 1. The van der Waals surface area contributed by atoms with Crippen LogP contribution in [0.3, 0.4) is 0 Å². The Labute approximate surface area is 124 Å². The Kier molecular flexibility index (Phi) is 5.69. The minimum Gasteiger partial charge on any atom is -0.394 e. The highest BCUT2D eigenvalue weighted by atomic mass is 16.5. The minimum absolute atomic E-state index is 0.0662. The van der Waals surface area contributed by atoms with Gasteiger partial charge in [0.25, 0.3) is 0 Å². The van der Waals surface area contributed by atoms with E-state index in [1.807, 2.05) is 6.92 Å². The van der Waals surface area contributed by atoms with Crippen molar-refractivity contribution in [1.82, 2.24) is 15.5 Å². The summed E-state index contributed by atoms with van der Waals surface area (Å²) in [6, 6.07) is 0. The maximum atomic E-state index is 12.0. The zero-order chi connectivity index (χ0) is 15.1. The van der Waals surface area contributed by atoms with E-state index in [1.165, 1.54) is 0 Å². The van der Waals surface area contributed by atoms with Gasteiger partial charge in [-0.1, -0.05) is 12.1 Å². The van der Waals surface area contributed by atoms with Crippen molar-refractivity contribution >= 4 is 5.91 Å². The Morgan fingerprint density at radius 1 is 1.38 bits per heavy atom. The van der Waals surface area contributed by atoms with E-state index in [9.17, 15) is 9.90 Å². The standard InChI is InChI=1S/C14H23N3O4/c1-2-3-11-15-13(21-17-11)5-4-12(19)16-14(10-18)6-8-20-9-7-14/h18H,2-10H2,1H3,(H,16,19). The molecule has 0 aromatic carbocycles. The summed E-state index contributed by atoms with van der Waals surface area (Å²) in [5.41, 5.74) is -0.544. The van der Waals surface area contributed by atoms with Crippen LogP contribution >= 0.6 is 0 Å². The number of hydrogen-bond donors (Lipinski definition) is 2. The number of hydrogen-bond acceptors (Lipinski definition) is 6. The van der Waals surface area contributed by atoms with Crippen molar-refractivity contribution in [2.45, 2.75) is 51.0 Å². The van der Waals surface area contributed by atoms with E-state index in [1.54, 1.807) is 0 Å². The van der Waals surface area contributed by atoms with Crippen molar-refractivity contribution < 1.29 is 19.2 Å². The van der Waals surface area contributed by atoms with Gasteiger partial charge in [0, 0.05) is 32.5 Å². The first-order valence-electron chi connectivity index (χ1n) is 7.48. The number of carbonyl (C=O) groups is 1. The number of aliphatic hydroxyl groups excluding tert-OH is 1. The fraction of sp³-hybridized carbons (Fsp3) is 0.786. The SMILES string of the molecule is CCCc1noc(CCC(=O)NC2(CO)CCOCC2)n1. The third kappa shape index (κ3) is 4.50. The molecule has 0 saturated carbocycles. The first-order chi connectivity index (χ1) is 10.2. The van der Waals surface area contributed by atoms with Gasteiger partial charge in [0.05, 0.1) is 12.1 Å². The molecule has 7 nitrogen and oxygen atoms in total. The zero-order valence-corrected chi connectivity index (χ0v) is 12.4. The highest BCUT2D eigenvalue weighted by Gasteiger charge is 2.33. The molecule has 0 spiro atoms. The van der Waals surface area contributed by atoms with E-state index in [-0.39, 0.29) is 18.9 Å². The smallest absolute Gasteiger partial charge is 0.227 e. The lowest BCUT2D eigenvalue weighted by molar-refractivity contribution is -0.125. The molecule has 1 amide bonds. The second-order valence-corrected chi connectivity index (χ2v) is 5.45. The molecule has 1 fully saturated rings.